The molecule has 0 amide bonds. The van der Waals surface area contributed by atoms with Crippen LogP contribution < -0.4 is 0 Å². The van der Waals surface area contributed by atoms with E-state index >= 15 is 0 Å². The van der Waals surface area contributed by atoms with Crippen LogP contribution in [0.15, 0.2) is 109 Å². The van der Waals surface area contributed by atoms with E-state index in [4.69, 9.17) is 0 Å². The molecule has 0 nitrogen and oxygen atoms in total. The Balaban J connectivity index is 1.23. The van der Waals surface area contributed by atoms with Gasteiger partial charge in [0.25, 0.3) is 0 Å². The Kier molecular flexibility index (Phi) is 12.5. The van der Waals surface area contributed by atoms with E-state index in [1.807, 2.05) is 0 Å². The van der Waals surface area contributed by atoms with Gasteiger partial charge in [0.05, 0.1) is 0 Å². The van der Waals surface area contributed by atoms with Crippen LogP contribution in [0.1, 0.15) is 111 Å². The normalized spacial score (nSPS) is 12.0. The van der Waals surface area contributed by atoms with Gasteiger partial charge >= 0.3 is 0 Å². The van der Waals surface area contributed by atoms with Crippen molar-refractivity contribution in [3.05, 3.63) is 220 Å². The van der Waals surface area contributed by atoms with E-state index in [0.29, 0.717) is 0 Å². The Hall–Kier alpha value is -7.80. The molecule has 0 N–H and O–H groups in total. The number of benzene rings is 12. The van der Waals surface area contributed by atoms with Crippen LogP contribution in [0, 0.1) is 138 Å². The maximum Gasteiger partial charge on any atom is -0.00921 e. The second-order valence-corrected chi connectivity index (χ2v) is 24.5. The summed E-state index contributed by atoms with van der Waals surface area (Å²) in [5.41, 5.74) is 40.6. The minimum Gasteiger partial charge on any atom is -0.0616 e. The van der Waals surface area contributed by atoms with Crippen molar-refractivity contribution < 1.29 is 0 Å². The van der Waals surface area contributed by atoms with Crippen molar-refractivity contribution in [1.29, 1.82) is 0 Å². The third kappa shape index (κ3) is 7.47. The largest absolute Gasteiger partial charge is 0.0616 e. The number of hydrogen-bond acceptors (Lipinski definition) is 0. The van der Waals surface area contributed by atoms with Crippen molar-refractivity contribution >= 4 is 64.6 Å². The van der Waals surface area contributed by atoms with E-state index in [0.717, 1.165) is 0 Å². The highest BCUT2D eigenvalue weighted by Crippen LogP contribution is 2.50. The molecule has 398 valence electrons. The van der Waals surface area contributed by atoms with Gasteiger partial charge in [-0.05, 0) is 406 Å². The molecule has 0 unspecified atom stereocenters. The van der Waals surface area contributed by atoms with E-state index in [2.05, 4.69) is 248 Å². The Morgan fingerprint density at radius 1 is 0.150 bits per heavy atom. The first-order chi connectivity index (χ1) is 38.0. The molecule has 0 aromatic heterocycles. The van der Waals surface area contributed by atoms with Crippen LogP contribution in [0.3, 0.4) is 0 Å². The number of rotatable bonds is 5. The third-order valence-electron chi connectivity index (χ3n) is 21.4. The molecule has 12 rings (SSSR count). The lowest BCUT2D eigenvalue weighted by atomic mass is 9.80. The molecule has 0 saturated heterocycles. The molecule has 0 heteroatoms. The third-order valence-corrected chi connectivity index (χ3v) is 21.4. The highest BCUT2D eigenvalue weighted by molar-refractivity contribution is 6.27. The molecule has 0 bridgehead atoms. The van der Waals surface area contributed by atoms with Crippen molar-refractivity contribution in [1.82, 2.24) is 0 Å². The smallest absolute Gasteiger partial charge is 0.00921 e. The standard InChI is InChI=1S/C80H78/c1-39-43(5)51(13)77(52(14)44(39)6)73-37-71-67-33-59(29-31-65(67)75(35-69(71)61-25-21-23-27-63(61)73)79-55(17)47(9)41(3)48(10)56(79)18)60-30-32-66-68(34-60)72-38-74(78-53(15)45(7)40(2)46(8)54(78)16)64-28-24-22-26-62(64)70(72)36-76(66)80-57(19)49(11)42(4)50(12)58(80)20/h21-38H,1-20H3. The minimum absolute atomic E-state index is 1.22. The van der Waals surface area contributed by atoms with E-state index in [1.165, 1.54) is 232 Å². The summed E-state index contributed by atoms with van der Waals surface area (Å²) in [4.78, 5) is 0. The Morgan fingerprint density at radius 3 is 0.562 bits per heavy atom. The molecule has 0 radical (unpaired) electrons. The Morgan fingerprint density at radius 2 is 0.325 bits per heavy atom. The average Bonchev–Trinajstić information content (AvgIpc) is 3.67. The summed E-state index contributed by atoms with van der Waals surface area (Å²) in [6.07, 6.45) is 0. The zero-order valence-electron chi connectivity index (χ0n) is 51.4. The van der Waals surface area contributed by atoms with Gasteiger partial charge in [-0.1, -0.05) is 72.8 Å². The molecular formula is C80H78. The highest BCUT2D eigenvalue weighted by Gasteiger charge is 2.25. The summed E-state index contributed by atoms with van der Waals surface area (Å²) in [6, 6.07) is 43.4. The molecule has 0 aliphatic rings. The van der Waals surface area contributed by atoms with Crippen LogP contribution in [0.25, 0.3) is 120 Å². The van der Waals surface area contributed by atoms with Gasteiger partial charge in [0.1, 0.15) is 0 Å². The minimum atomic E-state index is 1.22. The molecule has 0 heterocycles. The van der Waals surface area contributed by atoms with Crippen molar-refractivity contribution in [2.45, 2.75) is 138 Å². The van der Waals surface area contributed by atoms with Crippen molar-refractivity contribution in [2.24, 2.45) is 0 Å². The lowest BCUT2D eigenvalue weighted by molar-refractivity contribution is 1.18. The first-order valence-corrected chi connectivity index (χ1v) is 29.2. The Bertz CT molecular complexity index is 4350. The summed E-state index contributed by atoms with van der Waals surface area (Å²) in [7, 11) is 0. The molecule has 80 heavy (non-hydrogen) atoms. The maximum atomic E-state index is 2.56. The van der Waals surface area contributed by atoms with Gasteiger partial charge in [-0.25, -0.2) is 0 Å². The summed E-state index contributed by atoms with van der Waals surface area (Å²) >= 11 is 0. The maximum absolute atomic E-state index is 2.56. The topological polar surface area (TPSA) is 0 Å². The first kappa shape index (κ1) is 52.9. The summed E-state index contributed by atoms with van der Waals surface area (Å²) in [6.45, 7) is 46.4. The molecule has 0 fully saturated rings. The molecule has 0 aliphatic heterocycles. The van der Waals surface area contributed by atoms with Crippen molar-refractivity contribution in [2.75, 3.05) is 0 Å². The van der Waals surface area contributed by atoms with Crippen molar-refractivity contribution in [3.8, 4) is 55.6 Å². The SMILES string of the molecule is Cc1c(C)c(C)c(-c2cc3c4cc(-c5ccc6c(-c7c(C)c(C)c(C)c(C)c7C)cc7c8ccccc8c(-c8c(C)c(C)c(C)c(C)c8C)cc7c6c5)ccc4c(-c4c(C)c(C)c(C)c(C)c4C)cc3c3ccccc23)c(C)c1C. The second-order valence-electron chi connectivity index (χ2n) is 24.5. The van der Waals surface area contributed by atoms with Gasteiger partial charge in [0.15, 0.2) is 0 Å². The van der Waals surface area contributed by atoms with Crippen LogP contribution in [-0.4, -0.2) is 0 Å². The number of fused-ring (bicyclic) bond motifs is 10. The lowest BCUT2D eigenvalue weighted by Crippen LogP contribution is -2.01. The van der Waals surface area contributed by atoms with Gasteiger partial charge in [0, 0.05) is 0 Å². The highest BCUT2D eigenvalue weighted by atomic mass is 14.3. The second kappa shape index (κ2) is 18.9. The van der Waals surface area contributed by atoms with E-state index in [1.54, 1.807) is 0 Å². The predicted octanol–water partition coefficient (Wildman–Crippen LogP) is 23.1. The van der Waals surface area contributed by atoms with Gasteiger partial charge in [-0.3, -0.25) is 0 Å². The van der Waals surface area contributed by atoms with Crippen LogP contribution in [0.2, 0.25) is 0 Å². The molecule has 12 aromatic rings. The molecule has 12 aromatic carbocycles. The molecule has 0 aliphatic carbocycles. The van der Waals surface area contributed by atoms with Crippen LogP contribution in [0.4, 0.5) is 0 Å². The van der Waals surface area contributed by atoms with E-state index in [-0.39, 0.29) is 0 Å². The first-order valence-electron chi connectivity index (χ1n) is 29.2. The molecular weight excluding hydrogens is 961 g/mol. The molecule has 0 atom stereocenters. The van der Waals surface area contributed by atoms with Crippen LogP contribution in [-0.2, 0) is 0 Å². The summed E-state index contributed by atoms with van der Waals surface area (Å²) in [5.74, 6) is 0. The summed E-state index contributed by atoms with van der Waals surface area (Å²) in [5, 5.41) is 15.5. The van der Waals surface area contributed by atoms with E-state index in [9.17, 15) is 0 Å². The van der Waals surface area contributed by atoms with Gasteiger partial charge in [-0.15, -0.1) is 0 Å². The average molecular weight is 1040 g/mol. The molecule has 0 saturated carbocycles. The van der Waals surface area contributed by atoms with Crippen LogP contribution >= 0.6 is 0 Å². The zero-order valence-corrected chi connectivity index (χ0v) is 51.4. The van der Waals surface area contributed by atoms with Gasteiger partial charge < -0.3 is 0 Å². The number of hydrogen-bond donors (Lipinski definition) is 0. The zero-order chi connectivity index (χ0) is 57.0. The predicted molar refractivity (Wildman–Crippen MR) is 353 cm³/mol. The van der Waals surface area contributed by atoms with Gasteiger partial charge in [0.2, 0.25) is 0 Å². The quantitative estimate of drug-likeness (QED) is 0.151. The van der Waals surface area contributed by atoms with Gasteiger partial charge in [-0.2, -0.15) is 0 Å². The molecule has 0 spiro atoms. The fraction of sp³-hybridized carbons (Fsp3) is 0.250. The lowest BCUT2D eigenvalue weighted by Gasteiger charge is -2.24. The summed E-state index contributed by atoms with van der Waals surface area (Å²) < 4.78 is 0. The van der Waals surface area contributed by atoms with E-state index < -0.39 is 0 Å². The fourth-order valence-electron chi connectivity index (χ4n) is 14.8. The Labute approximate surface area is 476 Å². The van der Waals surface area contributed by atoms with Crippen molar-refractivity contribution in [3.63, 3.8) is 0 Å². The van der Waals surface area contributed by atoms with Crippen LogP contribution in [0.5, 0.6) is 0 Å². The monoisotopic (exact) mass is 1040 g/mol. The fourth-order valence-corrected chi connectivity index (χ4v) is 14.8.